The Labute approximate surface area is 112 Å². The average Bonchev–Trinajstić information content (AvgIpc) is 2.31. The van der Waals surface area contributed by atoms with Gasteiger partial charge in [-0.25, -0.2) is 0 Å². The van der Waals surface area contributed by atoms with Crippen LogP contribution in [0.4, 0.5) is 0 Å². The highest BCUT2D eigenvalue weighted by Crippen LogP contribution is 2.36. The minimum atomic E-state index is 0.857. The van der Waals surface area contributed by atoms with Crippen LogP contribution >= 0.6 is 0 Å². The van der Waals surface area contributed by atoms with Crippen molar-refractivity contribution in [1.29, 1.82) is 0 Å². The van der Waals surface area contributed by atoms with Gasteiger partial charge in [0.2, 0.25) is 0 Å². The van der Waals surface area contributed by atoms with E-state index in [0.717, 1.165) is 23.7 Å². The fourth-order valence-corrected chi connectivity index (χ4v) is 3.74. The second-order valence-corrected chi connectivity index (χ2v) is 7.12. The Hall–Kier alpha value is -0.780. The van der Waals surface area contributed by atoms with Crippen LogP contribution in [0.3, 0.4) is 0 Å². The van der Waals surface area contributed by atoms with Crippen LogP contribution < -0.4 is 0 Å². The van der Waals surface area contributed by atoms with E-state index in [4.69, 9.17) is 0 Å². The van der Waals surface area contributed by atoms with Crippen molar-refractivity contribution in [3.8, 4) is 0 Å². The topological polar surface area (TPSA) is 0 Å². The van der Waals surface area contributed by atoms with Crippen molar-refractivity contribution < 1.29 is 0 Å². The summed E-state index contributed by atoms with van der Waals surface area (Å²) < 4.78 is 0. The highest BCUT2D eigenvalue weighted by atomic mass is 14.3. The molecular formula is C18H26. The molecule has 1 aromatic carbocycles. The van der Waals surface area contributed by atoms with Crippen LogP contribution in [0.25, 0.3) is 0 Å². The largest absolute Gasteiger partial charge is 0.0619 e. The van der Waals surface area contributed by atoms with Gasteiger partial charge in [-0.15, -0.1) is 0 Å². The lowest BCUT2D eigenvalue weighted by Crippen LogP contribution is -2.25. The molecule has 2 aliphatic rings. The standard InChI is InChI=1S/C18H26/c1-11-5-15-9-17-7-13(3)14(4)8-18(17)10-16(15)6-12(11)2/h9-14H,5-8H2,1-4H3. The molecule has 0 aliphatic heterocycles. The summed E-state index contributed by atoms with van der Waals surface area (Å²) in [5.74, 6) is 3.43. The molecule has 18 heavy (non-hydrogen) atoms. The van der Waals surface area contributed by atoms with Crippen LogP contribution in [0.2, 0.25) is 0 Å². The van der Waals surface area contributed by atoms with Crippen molar-refractivity contribution in [3.05, 3.63) is 34.4 Å². The van der Waals surface area contributed by atoms with Crippen LogP contribution in [0.15, 0.2) is 12.1 Å². The summed E-state index contributed by atoms with van der Waals surface area (Å²) in [4.78, 5) is 0. The van der Waals surface area contributed by atoms with Crippen LogP contribution in [0.1, 0.15) is 49.9 Å². The number of hydrogen-bond donors (Lipinski definition) is 0. The van der Waals surface area contributed by atoms with Gasteiger partial charge in [0.1, 0.15) is 0 Å². The predicted octanol–water partition coefficient (Wildman–Crippen LogP) is 4.43. The van der Waals surface area contributed by atoms with Crippen LogP contribution in [0, 0.1) is 23.7 Å². The summed E-state index contributed by atoms with van der Waals surface area (Å²) >= 11 is 0. The van der Waals surface area contributed by atoms with Gasteiger partial charge in [-0.05, 0) is 71.6 Å². The van der Waals surface area contributed by atoms with Gasteiger partial charge in [-0.2, -0.15) is 0 Å². The molecular weight excluding hydrogens is 216 g/mol. The molecule has 0 bridgehead atoms. The highest BCUT2D eigenvalue weighted by molar-refractivity contribution is 5.42. The molecule has 0 spiro atoms. The van der Waals surface area contributed by atoms with Gasteiger partial charge in [-0.3, -0.25) is 0 Å². The van der Waals surface area contributed by atoms with E-state index < -0.39 is 0 Å². The Kier molecular flexibility index (Phi) is 3.00. The zero-order chi connectivity index (χ0) is 12.9. The molecule has 4 unspecified atom stereocenters. The van der Waals surface area contributed by atoms with Crippen molar-refractivity contribution in [3.63, 3.8) is 0 Å². The van der Waals surface area contributed by atoms with Crippen LogP contribution in [0.5, 0.6) is 0 Å². The fraction of sp³-hybridized carbons (Fsp3) is 0.667. The van der Waals surface area contributed by atoms with Gasteiger partial charge in [0.05, 0.1) is 0 Å². The normalized spacial score (nSPS) is 34.9. The lowest BCUT2D eigenvalue weighted by molar-refractivity contribution is 0.350. The molecule has 0 N–H and O–H groups in total. The van der Waals surface area contributed by atoms with Gasteiger partial charge in [0.15, 0.2) is 0 Å². The van der Waals surface area contributed by atoms with Crippen molar-refractivity contribution in [2.24, 2.45) is 23.7 Å². The van der Waals surface area contributed by atoms with Gasteiger partial charge in [0, 0.05) is 0 Å². The van der Waals surface area contributed by atoms with E-state index in [9.17, 15) is 0 Å². The first-order valence-corrected chi connectivity index (χ1v) is 7.68. The second kappa shape index (κ2) is 4.40. The first kappa shape index (κ1) is 12.3. The zero-order valence-electron chi connectivity index (χ0n) is 12.3. The third-order valence-corrected chi connectivity index (χ3v) is 5.63. The molecule has 0 radical (unpaired) electrons. The molecule has 4 atom stereocenters. The fourth-order valence-electron chi connectivity index (χ4n) is 3.74. The minimum Gasteiger partial charge on any atom is -0.0619 e. The van der Waals surface area contributed by atoms with E-state index >= 15 is 0 Å². The Balaban J connectivity index is 1.98. The third kappa shape index (κ3) is 2.00. The smallest absolute Gasteiger partial charge is 0.0248 e. The average molecular weight is 242 g/mol. The van der Waals surface area contributed by atoms with Crippen LogP contribution in [-0.4, -0.2) is 0 Å². The maximum atomic E-state index is 2.55. The van der Waals surface area contributed by atoms with Gasteiger partial charge in [0.25, 0.3) is 0 Å². The van der Waals surface area contributed by atoms with Crippen molar-refractivity contribution in [2.45, 2.75) is 53.4 Å². The summed E-state index contributed by atoms with van der Waals surface area (Å²) in [7, 11) is 0. The van der Waals surface area contributed by atoms with E-state index in [0.29, 0.717) is 0 Å². The van der Waals surface area contributed by atoms with Gasteiger partial charge in [-0.1, -0.05) is 39.8 Å². The Bertz CT molecular complexity index is 375. The van der Waals surface area contributed by atoms with E-state index in [-0.39, 0.29) is 0 Å². The maximum absolute atomic E-state index is 2.55. The molecule has 2 aliphatic carbocycles. The molecule has 0 saturated heterocycles. The quantitative estimate of drug-likeness (QED) is 0.631. The molecule has 98 valence electrons. The molecule has 0 aromatic heterocycles. The highest BCUT2D eigenvalue weighted by Gasteiger charge is 2.27. The number of fused-ring (bicyclic) bond motifs is 2. The van der Waals surface area contributed by atoms with Crippen molar-refractivity contribution in [1.82, 2.24) is 0 Å². The molecule has 3 rings (SSSR count). The predicted molar refractivity (Wildman–Crippen MR) is 77.9 cm³/mol. The van der Waals surface area contributed by atoms with E-state index in [2.05, 4.69) is 39.8 Å². The second-order valence-electron chi connectivity index (χ2n) is 7.12. The lowest BCUT2D eigenvalue weighted by atomic mass is 9.72. The molecule has 0 amide bonds. The first-order chi connectivity index (χ1) is 8.54. The molecule has 0 nitrogen and oxygen atoms in total. The third-order valence-electron chi connectivity index (χ3n) is 5.63. The van der Waals surface area contributed by atoms with Gasteiger partial charge < -0.3 is 0 Å². The van der Waals surface area contributed by atoms with E-state index in [1.54, 1.807) is 22.3 Å². The monoisotopic (exact) mass is 242 g/mol. The molecule has 0 heteroatoms. The summed E-state index contributed by atoms with van der Waals surface area (Å²) in [6, 6.07) is 5.10. The zero-order valence-corrected chi connectivity index (χ0v) is 12.3. The summed E-state index contributed by atoms with van der Waals surface area (Å²) in [6.07, 6.45) is 5.20. The maximum Gasteiger partial charge on any atom is -0.0248 e. The first-order valence-electron chi connectivity index (χ1n) is 7.68. The summed E-state index contributed by atoms with van der Waals surface area (Å²) in [5.41, 5.74) is 6.62. The molecule has 0 fully saturated rings. The number of benzene rings is 1. The lowest BCUT2D eigenvalue weighted by Gasteiger charge is -2.33. The number of hydrogen-bond acceptors (Lipinski definition) is 0. The van der Waals surface area contributed by atoms with Crippen molar-refractivity contribution >= 4 is 0 Å². The molecule has 0 saturated carbocycles. The summed E-state index contributed by atoms with van der Waals surface area (Å²) in [6.45, 7) is 9.66. The number of rotatable bonds is 0. The molecule has 0 heterocycles. The van der Waals surface area contributed by atoms with E-state index in [1.807, 2.05) is 0 Å². The molecule has 1 aromatic rings. The van der Waals surface area contributed by atoms with Crippen molar-refractivity contribution in [2.75, 3.05) is 0 Å². The Morgan fingerprint density at radius 2 is 0.778 bits per heavy atom. The minimum absolute atomic E-state index is 0.857. The van der Waals surface area contributed by atoms with Crippen LogP contribution in [-0.2, 0) is 25.7 Å². The van der Waals surface area contributed by atoms with E-state index in [1.165, 1.54) is 25.7 Å². The van der Waals surface area contributed by atoms with Gasteiger partial charge >= 0.3 is 0 Å². The Morgan fingerprint density at radius 3 is 1.00 bits per heavy atom. The Morgan fingerprint density at radius 1 is 0.556 bits per heavy atom. The summed E-state index contributed by atoms with van der Waals surface area (Å²) in [5, 5.41) is 0. The SMILES string of the molecule is CC1Cc2cc3c(cc2CC1C)CC(C)C(C)C3.